The fourth-order valence-electron chi connectivity index (χ4n) is 1.61. The van der Waals surface area contributed by atoms with Gasteiger partial charge >= 0.3 is 0 Å². The van der Waals surface area contributed by atoms with Gasteiger partial charge in [-0.3, -0.25) is 0 Å². The molecule has 0 bridgehead atoms. The zero-order valence-electron chi connectivity index (χ0n) is 7.35. The van der Waals surface area contributed by atoms with Crippen molar-refractivity contribution in [3.63, 3.8) is 0 Å². The van der Waals surface area contributed by atoms with Crippen molar-refractivity contribution in [1.82, 2.24) is 5.32 Å². The van der Waals surface area contributed by atoms with E-state index in [-0.39, 0.29) is 6.07 Å². The number of ether oxygens (including phenoxy) is 1. The zero-order valence-corrected chi connectivity index (χ0v) is 8.10. The van der Waals surface area contributed by atoms with E-state index in [0.29, 0.717) is 0 Å². The molecule has 1 aromatic carbocycles. The Balaban J connectivity index is 2.24. The minimum absolute atomic E-state index is 0.214. The van der Waals surface area contributed by atoms with Gasteiger partial charge in [0.25, 0.3) is 0 Å². The average Bonchev–Trinajstić information content (AvgIpc) is 2.18. The van der Waals surface area contributed by atoms with E-state index in [1.165, 1.54) is 11.1 Å². The van der Waals surface area contributed by atoms with Gasteiger partial charge in [0.15, 0.2) is 6.07 Å². The Morgan fingerprint density at radius 1 is 1.38 bits per heavy atom. The Morgan fingerprint density at radius 3 is 3.15 bits per heavy atom. The molecule has 0 fully saturated rings. The zero-order chi connectivity index (χ0) is 9.10. The van der Waals surface area contributed by atoms with Gasteiger partial charge in [0.05, 0.1) is 0 Å². The fourth-order valence-corrected chi connectivity index (χ4v) is 1.74. The Hall–Kier alpha value is -0.730. The minimum Gasteiger partial charge on any atom is -0.478 e. The van der Waals surface area contributed by atoms with Crippen LogP contribution in [0.2, 0.25) is 0 Å². The summed E-state index contributed by atoms with van der Waals surface area (Å²) in [6.45, 7) is 2.01. The summed E-state index contributed by atoms with van der Waals surface area (Å²) in [5.41, 5.74) is 2.74. The van der Waals surface area contributed by atoms with E-state index >= 15 is 0 Å². The first-order valence-corrected chi connectivity index (χ1v) is 4.95. The number of benzene rings is 1. The van der Waals surface area contributed by atoms with E-state index in [1.807, 2.05) is 6.07 Å². The number of fused-ring (bicyclic) bond motifs is 1. The van der Waals surface area contributed by atoms with Gasteiger partial charge in [0.2, 0.25) is 0 Å². The molecule has 1 N–H and O–H groups in total. The molecular weight excluding hydrogens is 186 g/mol. The highest BCUT2D eigenvalue weighted by atomic mass is 35.5. The molecule has 0 unspecified atom stereocenters. The van der Waals surface area contributed by atoms with Crippen LogP contribution in [-0.2, 0) is 13.0 Å². The van der Waals surface area contributed by atoms with E-state index in [1.54, 1.807) is 0 Å². The summed E-state index contributed by atoms with van der Waals surface area (Å²) in [5.74, 6) is 0.859. The predicted octanol–water partition coefficient (Wildman–Crippen LogP) is 1.91. The van der Waals surface area contributed by atoms with Crippen LogP contribution < -0.4 is 10.1 Å². The second-order valence-electron chi connectivity index (χ2n) is 3.11. The summed E-state index contributed by atoms with van der Waals surface area (Å²) in [6.07, 6.45) is 1.11. The van der Waals surface area contributed by atoms with E-state index in [0.717, 1.165) is 25.3 Å². The first kappa shape index (κ1) is 8.85. The van der Waals surface area contributed by atoms with Crippen molar-refractivity contribution in [3.8, 4) is 5.75 Å². The molecule has 2 rings (SSSR count). The van der Waals surface area contributed by atoms with E-state index in [9.17, 15) is 0 Å². The van der Waals surface area contributed by atoms with Gasteiger partial charge in [-0.15, -0.1) is 0 Å². The topological polar surface area (TPSA) is 21.3 Å². The molecule has 0 amide bonds. The minimum atomic E-state index is 0.214. The van der Waals surface area contributed by atoms with E-state index in [4.69, 9.17) is 16.3 Å². The molecule has 2 nitrogen and oxygen atoms in total. The monoisotopic (exact) mass is 197 g/mol. The number of nitrogens with one attached hydrogen (secondary N) is 1. The van der Waals surface area contributed by atoms with E-state index in [2.05, 4.69) is 17.4 Å². The maximum absolute atomic E-state index is 5.48. The number of alkyl halides is 1. The molecule has 0 atom stereocenters. The molecule has 0 spiro atoms. The van der Waals surface area contributed by atoms with Crippen LogP contribution in [0.4, 0.5) is 0 Å². The largest absolute Gasteiger partial charge is 0.478 e. The van der Waals surface area contributed by atoms with Crippen LogP contribution in [0.15, 0.2) is 18.2 Å². The van der Waals surface area contributed by atoms with Gasteiger partial charge in [-0.05, 0) is 36.2 Å². The highest BCUT2D eigenvalue weighted by Gasteiger charge is 2.08. The number of hydrogen-bond acceptors (Lipinski definition) is 2. The third kappa shape index (κ3) is 1.95. The summed E-state index contributed by atoms with van der Waals surface area (Å²) in [5, 5.41) is 3.32. The fraction of sp³-hybridized carbons (Fsp3) is 0.400. The summed E-state index contributed by atoms with van der Waals surface area (Å²) >= 11 is 5.48. The second-order valence-corrected chi connectivity index (χ2v) is 3.33. The molecule has 3 heteroatoms. The molecule has 1 aromatic rings. The maximum atomic E-state index is 5.48. The first-order valence-electron chi connectivity index (χ1n) is 4.41. The van der Waals surface area contributed by atoms with Gasteiger partial charge < -0.3 is 10.1 Å². The van der Waals surface area contributed by atoms with Crippen LogP contribution in [0.3, 0.4) is 0 Å². The van der Waals surface area contributed by atoms with Gasteiger partial charge in [0.1, 0.15) is 5.75 Å². The molecule has 0 radical (unpaired) electrons. The lowest BCUT2D eigenvalue weighted by molar-refractivity contribution is 0.387. The summed E-state index contributed by atoms with van der Waals surface area (Å²) in [4.78, 5) is 0. The van der Waals surface area contributed by atoms with Crippen LogP contribution in [-0.4, -0.2) is 12.6 Å². The molecule has 1 aliphatic rings. The Kier molecular flexibility index (Phi) is 2.71. The lowest BCUT2D eigenvalue weighted by atomic mass is 10.0. The van der Waals surface area contributed by atoms with Gasteiger partial charge in [0, 0.05) is 6.54 Å². The van der Waals surface area contributed by atoms with Gasteiger partial charge in [-0.1, -0.05) is 17.7 Å². The van der Waals surface area contributed by atoms with Crippen molar-refractivity contribution in [2.45, 2.75) is 13.0 Å². The summed E-state index contributed by atoms with van der Waals surface area (Å²) < 4.78 is 5.21. The van der Waals surface area contributed by atoms with Crippen LogP contribution in [0, 0.1) is 0 Å². The molecule has 0 aromatic heterocycles. The first-order chi connectivity index (χ1) is 6.40. The SMILES string of the molecule is ClCOc1ccc2c(c1)CNCC2. The number of halogens is 1. The summed E-state index contributed by atoms with van der Waals surface area (Å²) in [6, 6.07) is 6.38. The van der Waals surface area contributed by atoms with Crippen LogP contribution in [0.25, 0.3) is 0 Å². The standard InChI is InChI=1S/C10H12ClNO/c11-7-13-10-2-1-8-3-4-12-6-9(8)5-10/h1-2,5,12H,3-4,6-7H2. The van der Waals surface area contributed by atoms with Crippen LogP contribution in [0.5, 0.6) is 5.75 Å². The summed E-state index contributed by atoms with van der Waals surface area (Å²) in [7, 11) is 0. The van der Waals surface area contributed by atoms with Crippen molar-refractivity contribution >= 4 is 11.6 Å². The molecule has 1 aliphatic heterocycles. The molecular formula is C10H12ClNO. The van der Waals surface area contributed by atoms with Crippen molar-refractivity contribution in [3.05, 3.63) is 29.3 Å². The molecule has 13 heavy (non-hydrogen) atoms. The van der Waals surface area contributed by atoms with E-state index < -0.39 is 0 Å². The second kappa shape index (κ2) is 3.99. The molecule has 0 saturated heterocycles. The molecule has 0 saturated carbocycles. The van der Waals surface area contributed by atoms with Crippen molar-refractivity contribution in [2.75, 3.05) is 12.6 Å². The van der Waals surface area contributed by atoms with Crippen LogP contribution >= 0.6 is 11.6 Å². The van der Waals surface area contributed by atoms with Crippen LogP contribution in [0.1, 0.15) is 11.1 Å². The van der Waals surface area contributed by atoms with Crippen molar-refractivity contribution in [1.29, 1.82) is 0 Å². The third-order valence-corrected chi connectivity index (χ3v) is 2.39. The Bertz CT molecular complexity index is 301. The smallest absolute Gasteiger partial charge is 0.162 e. The quantitative estimate of drug-likeness (QED) is 0.732. The Labute approximate surface area is 82.9 Å². The predicted molar refractivity (Wildman–Crippen MR) is 53.2 cm³/mol. The average molecular weight is 198 g/mol. The highest BCUT2D eigenvalue weighted by molar-refractivity contribution is 6.17. The number of hydrogen-bond donors (Lipinski definition) is 1. The van der Waals surface area contributed by atoms with Gasteiger partial charge in [-0.2, -0.15) is 0 Å². The Morgan fingerprint density at radius 2 is 2.31 bits per heavy atom. The third-order valence-electron chi connectivity index (χ3n) is 2.29. The maximum Gasteiger partial charge on any atom is 0.162 e. The number of rotatable bonds is 2. The molecule has 70 valence electrons. The lowest BCUT2D eigenvalue weighted by Crippen LogP contribution is -2.23. The lowest BCUT2D eigenvalue weighted by Gasteiger charge is -2.17. The molecule has 0 aliphatic carbocycles. The van der Waals surface area contributed by atoms with Gasteiger partial charge in [-0.25, -0.2) is 0 Å². The highest BCUT2D eigenvalue weighted by Crippen LogP contribution is 2.20. The van der Waals surface area contributed by atoms with Crippen molar-refractivity contribution in [2.24, 2.45) is 0 Å². The van der Waals surface area contributed by atoms with Crippen molar-refractivity contribution < 1.29 is 4.74 Å². The molecule has 1 heterocycles. The normalized spacial score (nSPS) is 15.2.